The molecule has 0 aliphatic heterocycles. The van der Waals surface area contributed by atoms with Crippen molar-refractivity contribution in [2.45, 2.75) is 18.9 Å². The Morgan fingerprint density at radius 3 is 2.79 bits per heavy atom. The lowest BCUT2D eigenvalue weighted by Gasteiger charge is -2.02. The Morgan fingerprint density at radius 2 is 1.95 bits per heavy atom. The molecule has 0 unspecified atom stereocenters. The number of nitrogen functional groups attached to an aromatic ring is 1. The molecule has 2 aromatic heterocycles. The number of rotatable bonds is 2. The molecular weight excluding hydrogens is 236 g/mol. The van der Waals surface area contributed by atoms with Crippen LogP contribution in [0.2, 0.25) is 0 Å². The molecule has 0 saturated heterocycles. The van der Waals surface area contributed by atoms with Crippen LogP contribution in [0.25, 0.3) is 21.9 Å². The van der Waals surface area contributed by atoms with Gasteiger partial charge in [-0.3, -0.25) is 4.68 Å². The minimum absolute atomic E-state index is 0.554. The lowest BCUT2D eigenvalue weighted by molar-refractivity contribution is 0.642. The second kappa shape index (κ2) is 3.82. The third-order valence-electron chi connectivity index (χ3n) is 3.60. The van der Waals surface area contributed by atoms with Crippen LogP contribution in [0.15, 0.2) is 42.9 Å². The zero-order valence-electron chi connectivity index (χ0n) is 10.5. The Labute approximate surface area is 110 Å². The van der Waals surface area contributed by atoms with Crippen molar-refractivity contribution in [3.05, 3.63) is 42.9 Å². The summed E-state index contributed by atoms with van der Waals surface area (Å²) < 4.78 is 2.07. The van der Waals surface area contributed by atoms with Crippen molar-refractivity contribution in [2.24, 2.45) is 0 Å². The van der Waals surface area contributed by atoms with Gasteiger partial charge in [0.2, 0.25) is 0 Å². The summed E-state index contributed by atoms with van der Waals surface area (Å²) in [6.45, 7) is 0. The molecule has 1 aliphatic carbocycles. The molecule has 4 rings (SSSR count). The fourth-order valence-electron chi connectivity index (χ4n) is 2.36. The van der Waals surface area contributed by atoms with Gasteiger partial charge in [0.05, 0.1) is 12.2 Å². The lowest BCUT2D eigenvalue weighted by Crippen LogP contribution is -1.91. The van der Waals surface area contributed by atoms with Crippen LogP contribution in [-0.4, -0.2) is 14.8 Å². The van der Waals surface area contributed by atoms with Crippen molar-refractivity contribution in [1.29, 1.82) is 0 Å². The minimum Gasteiger partial charge on any atom is -0.384 e. The summed E-state index contributed by atoms with van der Waals surface area (Å²) >= 11 is 0. The van der Waals surface area contributed by atoms with Crippen molar-refractivity contribution in [1.82, 2.24) is 14.8 Å². The van der Waals surface area contributed by atoms with Crippen LogP contribution in [0.1, 0.15) is 18.9 Å². The molecule has 0 bridgehead atoms. The van der Waals surface area contributed by atoms with Gasteiger partial charge in [0.25, 0.3) is 0 Å². The second-order valence-electron chi connectivity index (χ2n) is 5.11. The average Bonchev–Trinajstić information content (AvgIpc) is 3.16. The van der Waals surface area contributed by atoms with Crippen LogP contribution in [-0.2, 0) is 0 Å². The van der Waals surface area contributed by atoms with Crippen molar-refractivity contribution < 1.29 is 0 Å². The SMILES string of the molecule is Nc1cc2cc(-c3cnn(C4CC4)c3)ccc2cn1. The largest absolute Gasteiger partial charge is 0.384 e. The highest BCUT2D eigenvalue weighted by molar-refractivity contribution is 5.88. The maximum absolute atomic E-state index is 5.74. The molecule has 2 N–H and O–H groups in total. The van der Waals surface area contributed by atoms with Crippen LogP contribution >= 0.6 is 0 Å². The molecule has 2 heterocycles. The highest BCUT2D eigenvalue weighted by Gasteiger charge is 2.24. The van der Waals surface area contributed by atoms with Crippen LogP contribution in [0.4, 0.5) is 5.82 Å². The molecule has 3 aromatic rings. The number of anilines is 1. The first-order chi connectivity index (χ1) is 9.29. The van der Waals surface area contributed by atoms with Gasteiger partial charge >= 0.3 is 0 Å². The number of aromatic nitrogens is 3. The van der Waals surface area contributed by atoms with Gasteiger partial charge in [0.1, 0.15) is 5.82 Å². The Balaban J connectivity index is 1.80. The van der Waals surface area contributed by atoms with Gasteiger partial charge in [-0.05, 0) is 35.9 Å². The van der Waals surface area contributed by atoms with E-state index in [0.717, 1.165) is 16.3 Å². The fraction of sp³-hybridized carbons (Fsp3) is 0.200. The number of hydrogen-bond donors (Lipinski definition) is 1. The van der Waals surface area contributed by atoms with E-state index < -0.39 is 0 Å². The summed E-state index contributed by atoms with van der Waals surface area (Å²) in [5, 5.41) is 6.65. The number of hydrogen-bond acceptors (Lipinski definition) is 3. The van der Waals surface area contributed by atoms with Crippen molar-refractivity contribution in [2.75, 3.05) is 5.73 Å². The molecule has 1 fully saturated rings. The maximum atomic E-state index is 5.74. The summed E-state index contributed by atoms with van der Waals surface area (Å²) in [5.74, 6) is 0.554. The van der Waals surface area contributed by atoms with Crippen molar-refractivity contribution in [3.63, 3.8) is 0 Å². The van der Waals surface area contributed by atoms with Crippen LogP contribution in [0, 0.1) is 0 Å². The topological polar surface area (TPSA) is 56.7 Å². The van der Waals surface area contributed by atoms with Gasteiger partial charge in [-0.15, -0.1) is 0 Å². The number of nitrogens with zero attached hydrogens (tertiary/aromatic N) is 3. The van der Waals surface area contributed by atoms with E-state index >= 15 is 0 Å². The number of pyridine rings is 1. The predicted molar refractivity (Wildman–Crippen MR) is 75.6 cm³/mol. The number of benzene rings is 1. The van der Waals surface area contributed by atoms with E-state index in [-0.39, 0.29) is 0 Å². The molecule has 1 aromatic carbocycles. The molecule has 0 atom stereocenters. The highest BCUT2D eigenvalue weighted by atomic mass is 15.3. The molecule has 0 spiro atoms. The molecule has 4 nitrogen and oxygen atoms in total. The number of fused-ring (bicyclic) bond motifs is 1. The smallest absolute Gasteiger partial charge is 0.123 e. The van der Waals surface area contributed by atoms with Gasteiger partial charge < -0.3 is 5.73 Å². The Hall–Kier alpha value is -2.36. The first-order valence-electron chi connectivity index (χ1n) is 6.49. The number of nitrogens with two attached hydrogens (primary N) is 1. The Bertz CT molecular complexity index is 756. The quantitative estimate of drug-likeness (QED) is 0.760. The summed E-state index contributed by atoms with van der Waals surface area (Å²) in [7, 11) is 0. The zero-order chi connectivity index (χ0) is 12.8. The van der Waals surface area contributed by atoms with Crippen LogP contribution < -0.4 is 5.73 Å². The highest BCUT2D eigenvalue weighted by Crippen LogP contribution is 2.35. The maximum Gasteiger partial charge on any atom is 0.123 e. The van der Waals surface area contributed by atoms with Crippen molar-refractivity contribution >= 4 is 16.6 Å². The third-order valence-corrected chi connectivity index (χ3v) is 3.60. The molecule has 1 aliphatic rings. The van der Waals surface area contributed by atoms with E-state index in [4.69, 9.17) is 5.73 Å². The normalized spacial score (nSPS) is 14.9. The summed E-state index contributed by atoms with van der Waals surface area (Å²) in [4.78, 5) is 4.11. The van der Waals surface area contributed by atoms with E-state index in [0.29, 0.717) is 11.9 Å². The molecule has 1 saturated carbocycles. The van der Waals surface area contributed by atoms with Gasteiger partial charge in [0.15, 0.2) is 0 Å². The first-order valence-corrected chi connectivity index (χ1v) is 6.49. The van der Waals surface area contributed by atoms with Crippen molar-refractivity contribution in [3.8, 4) is 11.1 Å². The minimum atomic E-state index is 0.554. The second-order valence-corrected chi connectivity index (χ2v) is 5.11. The third kappa shape index (κ3) is 1.85. The van der Waals surface area contributed by atoms with Crippen LogP contribution in [0.5, 0.6) is 0 Å². The predicted octanol–water partition coefficient (Wildman–Crippen LogP) is 3.02. The lowest BCUT2D eigenvalue weighted by atomic mass is 10.1. The van der Waals surface area contributed by atoms with Gasteiger partial charge in [-0.25, -0.2) is 4.98 Å². The van der Waals surface area contributed by atoms with Gasteiger partial charge in [-0.2, -0.15) is 5.10 Å². The fourth-order valence-corrected chi connectivity index (χ4v) is 2.36. The Kier molecular flexibility index (Phi) is 2.12. The van der Waals surface area contributed by atoms with E-state index in [1.807, 2.05) is 18.5 Å². The molecule has 19 heavy (non-hydrogen) atoms. The summed E-state index contributed by atoms with van der Waals surface area (Å²) in [6, 6.07) is 8.85. The van der Waals surface area contributed by atoms with E-state index in [1.54, 1.807) is 0 Å². The summed E-state index contributed by atoms with van der Waals surface area (Å²) in [6.07, 6.45) is 8.37. The van der Waals surface area contributed by atoms with E-state index in [2.05, 4.69) is 39.2 Å². The molecule has 0 radical (unpaired) electrons. The first kappa shape index (κ1) is 10.6. The van der Waals surface area contributed by atoms with E-state index in [9.17, 15) is 0 Å². The van der Waals surface area contributed by atoms with E-state index in [1.165, 1.54) is 18.4 Å². The summed E-state index contributed by atoms with van der Waals surface area (Å²) in [5.41, 5.74) is 8.07. The standard InChI is InChI=1S/C15H14N4/c16-15-6-12-5-10(1-2-11(12)7-17-15)13-8-18-19(9-13)14-3-4-14/h1-2,5-9,14H,3-4H2,(H2,16,17). The van der Waals surface area contributed by atoms with Gasteiger partial charge in [-0.1, -0.05) is 12.1 Å². The molecule has 0 amide bonds. The van der Waals surface area contributed by atoms with Crippen LogP contribution in [0.3, 0.4) is 0 Å². The van der Waals surface area contributed by atoms with Gasteiger partial charge in [0, 0.05) is 23.3 Å². The molecule has 4 heteroatoms. The molecular formula is C15H14N4. The monoisotopic (exact) mass is 250 g/mol. The molecule has 94 valence electrons. The Morgan fingerprint density at radius 1 is 1.05 bits per heavy atom. The zero-order valence-corrected chi connectivity index (χ0v) is 10.5. The average molecular weight is 250 g/mol.